The summed E-state index contributed by atoms with van der Waals surface area (Å²) in [5.74, 6) is 1.12. The molecule has 0 unspecified atom stereocenters. The van der Waals surface area contributed by atoms with E-state index in [0.29, 0.717) is 29.4 Å². The predicted molar refractivity (Wildman–Crippen MR) is 81.1 cm³/mol. The fourth-order valence-electron chi connectivity index (χ4n) is 1.95. The molecule has 1 heterocycles. The van der Waals surface area contributed by atoms with Crippen LogP contribution in [-0.4, -0.2) is 16.8 Å². The van der Waals surface area contributed by atoms with Crippen LogP contribution in [0.15, 0.2) is 36.5 Å². The fraction of sp³-hybridized carbons (Fsp3) is 0.250. The maximum atomic E-state index is 11.5. The van der Waals surface area contributed by atoms with Gasteiger partial charge in [0.1, 0.15) is 12.4 Å². The van der Waals surface area contributed by atoms with E-state index in [1.165, 1.54) is 0 Å². The first-order valence-corrected chi connectivity index (χ1v) is 7.00. The molecule has 0 fully saturated rings. The summed E-state index contributed by atoms with van der Waals surface area (Å²) in [5.41, 5.74) is 1.94. The van der Waals surface area contributed by atoms with Gasteiger partial charge in [-0.05, 0) is 43.6 Å². The van der Waals surface area contributed by atoms with Crippen molar-refractivity contribution < 1.29 is 14.3 Å². The van der Waals surface area contributed by atoms with Crippen molar-refractivity contribution in [3.05, 3.63) is 53.2 Å². The van der Waals surface area contributed by atoms with E-state index in [1.807, 2.05) is 26.0 Å². The first kappa shape index (κ1) is 15.3. The van der Waals surface area contributed by atoms with Crippen molar-refractivity contribution >= 4 is 16.8 Å². The molecule has 2 aromatic rings. The molecule has 0 spiro atoms. The van der Waals surface area contributed by atoms with Crippen LogP contribution in [0.5, 0.6) is 11.6 Å². The lowest BCUT2D eigenvalue weighted by molar-refractivity contribution is 0.107. The van der Waals surface area contributed by atoms with Crippen LogP contribution in [-0.2, 0) is 6.61 Å². The SMILES string of the molecule is CCOc1cccc(C(=O)Cl)c1COc1ncccc1C. The van der Waals surface area contributed by atoms with Crippen molar-refractivity contribution in [3.8, 4) is 11.6 Å². The van der Waals surface area contributed by atoms with Crippen LogP contribution in [0.4, 0.5) is 0 Å². The summed E-state index contributed by atoms with van der Waals surface area (Å²) in [6.07, 6.45) is 1.66. The second kappa shape index (κ2) is 7.09. The summed E-state index contributed by atoms with van der Waals surface area (Å²) in [4.78, 5) is 15.7. The summed E-state index contributed by atoms with van der Waals surface area (Å²) >= 11 is 5.63. The van der Waals surface area contributed by atoms with Gasteiger partial charge in [0.25, 0.3) is 5.24 Å². The third kappa shape index (κ3) is 3.73. The molecule has 0 aliphatic heterocycles. The van der Waals surface area contributed by atoms with Crippen molar-refractivity contribution in [2.24, 2.45) is 0 Å². The number of ether oxygens (including phenoxy) is 2. The molecule has 0 N–H and O–H groups in total. The Morgan fingerprint density at radius 1 is 1.24 bits per heavy atom. The van der Waals surface area contributed by atoms with E-state index < -0.39 is 5.24 Å². The van der Waals surface area contributed by atoms with Gasteiger partial charge in [-0.15, -0.1) is 0 Å². The van der Waals surface area contributed by atoms with Crippen molar-refractivity contribution in [2.75, 3.05) is 6.61 Å². The number of rotatable bonds is 6. The van der Waals surface area contributed by atoms with E-state index in [4.69, 9.17) is 21.1 Å². The van der Waals surface area contributed by atoms with Crippen molar-refractivity contribution in [2.45, 2.75) is 20.5 Å². The highest BCUT2D eigenvalue weighted by molar-refractivity contribution is 6.68. The second-order valence-corrected chi connectivity index (χ2v) is 4.75. The lowest BCUT2D eigenvalue weighted by atomic mass is 10.1. The number of pyridine rings is 1. The standard InChI is InChI=1S/C16H16ClNO3/c1-3-20-14-8-4-7-12(15(17)19)13(14)10-21-16-11(2)6-5-9-18-16/h4-9H,3,10H2,1-2H3. The monoisotopic (exact) mass is 305 g/mol. The van der Waals surface area contributed by atoms with E-state index in [1.54, 1.807) is 24.4 Å². The molecule has 0 radical (unpaired) electrons. The number of hydrogen-bond acceptors (Lipinski definition) is 4. The summed E-state index contributed by atoms with van der Waals surface area (Å²) in [7, 11) is 0. The summed E-state index contributed by atoms with van der Waals surface area (Å²) < 4.78 is 11.2. The topological polar surface area (TPSA) is 48.4 Å². The van der Waals surface area contributed by atoms with Gasteiger partial charge in [-0.1, -0.05) is 12.1 Å². The molecular weight excluding hydrogens is 290 g/mol. The number of halogens is 1. The highest BCUT2D eigenvalue weighted by atomic mass is 35.5. The van der Waals surface area contributed by atoms with Crippen molar-refractivity contribution in [1.29, 1.82) is 0 Å². The largest absolute Gasteiger partial charge is 0.493 e. The highest BCUT2D eigenvalue weighted by Crippen LogP contribution is 2.26. The Kier molecular flexibility index (Phi) is 5.17. The minimum Gasteiger partial charge on any atom is -0.493 e. The summed E-state index contributed by atoms with van der Waals surface area (Å²) in [6.45, 7) is 4.45. The highest BCUT2D eigenvalue weighted by Gasteiger charge is 2.15. The van der Waals surface area contributed by atoms with E-state index in [2.05, 4.69) is 4.98 Å². The third-order valence-electron chi connectivity index (χ3n) is 2.96. The number of carbonyl (C=O) groups is 1. The Hall–Kier alpha value is -2.07. The molecule has 21 heavy (non-hydrogen) atoms. The van der Waals surface area contributed by atoms with E-state index >= 15 is 0 Å². The number of carbonyl (C=O) groups excluding carboxylic acids is 1. The van der Waals surface area contributed by atoms with Gasteiger partial charge in [0, 0.05) is 22.9 Å². The quantitative estimate of drug-likeness (QED) is 0.763. The molecule has 0 aliphatic rings. The zero-order valence-electron chi connectivity index (χ0n) is 11.9. The van der Waals surface area contributed by atoms with Gasteiger partial charge < -0.3 is 9.47 Å². The van der Waals surface area contributed by atoms with Crippen LogP contribution < -0.4 is 9.47 Å². The molecule has 0 bridgehead atoms. The minimum absolute atomic E-state index is 0.168. The molecule has 5 heteroatoms. The van der Waals surface area contributed by atoms with Gasteiger partial charge in [-0.3, -0.25) is 4.79 Å². The maximum Gasteiger partial charge on any atom is 0.252 e. The molecule has 1 aromatic carbocycles. The number of benzene rings is 1. The Morgan fingerprint density at radius 2 is 2.05 bits per heavy atom. The van der Waals surface area contributed by atoms with Crippen LogP contribution in [0.3, 0.4) is 0 Å². The van der Waals surface area contributed by atoms with Gasteiger partial charge in [-0.2, -0.15) is 0 Å². The van der Waals surface area contributed by atoms with Crippen LogP contribution in [0, 0.1) is 6.92 Å². The molecule has 0 aliphatic carbocycles. The predicted octanol–water partition coefficient (Wildman–Crippen LogP) is 3.75. The van der Waals surface area contributed by atoms with Crippen LogP contribution in [0.25, 0.3) is 0 Å². The molecule has 4 nitrogen and oxygen atoms in total. The minimum atomic E-state index is -0.534. The zero-order valence-corrected chi connectivity index (χ0v) is 12.7. The third-order valence-corrected chi connectivity index (χ3v) is 3.16. The molecular formula is C16H16ClNO3. The normalized spacial score (nSPS) is 10.2. The van der Waals surface area contributed by atoms with E-state index in [9.17, 15) is 4.79 Å². The lowest BCUT2D eigenvalue weighted by Gasteiger charge is -2.14. The van der Waals surface area contributed by atoms with Crippen LogP contribution in [0.1, 0.15) is 28.4 Å². The van der Waals surface area contributed by atoms with E-state index in [0.717, 1.165) is 5.56 Å². The van der Waals surface area contributed by atoms with E-state index in [-0.39, 0.29) is 6.61 Å². The van der Waals surface area contributed by atoms with Gasteiger partial charge in [-0.25, -0.2) is 4.98 Å². The Labute approximate surface area is 128 Å². The average molecular weight is 306 g/mol. The van der Waals surface area contributed by atoms with Crippen molar-refractivity contribution in [3.63, 3.8) is 0 Å². The molecule has 2 rings (SSSR count). The molecule has 0 saturated heterocycles. The van der Waals surface area contributed by atoms with Gasteiger partial charge in [0.15, 0.2) is 0 Å². The number of aryl methyl sites for hydroxylation is 1. The number of aromatic nitrogens is 1. The first-order valence-electron chi connectivity index (χ1n) is 6.62. The summed E-state index contributed by atoms with van der Waals surface area (Å²) in [6, 6.07) is 8.92. The smallest absolute Gasteiger partial charge is 0.252 e. The second-order valence-electron chi connectivity index (χ2n) is 4.40. The molecule has 1 aromatic heterocycles. The first-order chi connectivity index (χ1) is 10.1. The Balaban J connectivity index is 2.29. The zero-order chi connectivity index (χ0) is 15.2. The lowest BCUT2D eigenvalue weighted by Crippen LogP contribution is -2.07. The van der Waals surface area contributed by atoms with Gasteiger partial charge in [0.05, 0.1) is 6.61 Å². The summed E-state index contributed by atoms with van der Waals surface area (Å²) in [5, 5.41) is -0.534. The number of hydrogen-bond donors (Lipinski definition) is 0. The molecule has 0 amide bonds. The van der Waals surface area contributed by atoms with Crippen molar-refractivity contribution in [1.82, 2.24) is 4.98 Å². The molecule has 0 atom stereocenters. The Morgan fingerprint density at radius 3 is 2.71 bits per heavy atom. The fourth-order valence-corrected chi connectivity index (χ4v) is 2.13. The Bertz CT molecular complexity index is 643. The number of nitrogens with zero attached hydrogens (tertiary/aromatic N) is 1. The van der Waals surface area contributed by atoms with Gasteiger partial charge in [0.2, 0.25) is 5.88 Å². The van der Waals surface area contributed by atoms with Gasteiger partial charge >= 0.3 is 0 Å². The van der Waals surface area contributed by atoms with Crippen LogP contribution in [0.2, 0.25) is 0 Å². The molecule has 110 valence electrons. The molecule has 0 saturated carbocycles. The van der Waals surface area contributed by atoms with Crippen LogP contribution >= 0.6 is 11.6 Å². The maximum absolute atomic E-state index is 11.5. The average Bonchev–Trinajstić information content (AvgIpc) is 2.47.